The fourth-order valence-electron chi connectivity index (χ4n) is 4.64. The number of fused-ring (bicyclic) bond motifs is 1. The molecule has 0 amide bonds. The maximum Gasteiger partial charge on any atom is 0.295 e. The van der Waals surface area contributed by atoms with E-state index in [9.17, 15) is 13.0 Å². The molecule has 0 heterocycles. The van der Waals surface area contributed by atoms with Gasteiger partial charge < -0.3 is 0 Å². The van der Waals surface area contributed by atoms with E-state index in [1.165, 1.54) is 102 Å². The van der Waals surface area contributed by atoms with Gasteiger partial charge in [-0.25, -0.2) is 0 Å². The lowest BCUT2D eigenvalue weighted by atomic mass is 9.99. The van der Waals surface area contributed by atoms with Crippen LogP contribution in [0.1, 0.15) is 115 Å². The number of rotatable bonds is 18. The molecule has 2 aromatic carbocycles. The van der Waals surface area contributed by atoms with Crippen molar-refractivity contribution in [3.63, 3.8) is 0 Å². The van der Waals surface area contributed by atoms with Gasteiger partial charge >= 0.3 is 0 Å². The summed E-state index contributed by atoms with van der Waals surface area (Å²) >= 11 is 0. The number of hydrogen-bond acceptors (Lipinski definition) is 2. The maximum absolute atomic E-state index is 11.6. The zero-order valence-corrected chi connectivity index (χ0v) is 21.0. The SMILES string of the molecule is CCCCCCCCCCCCCCCCCCc1ccc(S(=O)(=O)O)c2ccccc12. The third kappa shape index (κ3) is 10.0. The molecule has 2 rings (SSSR count). The first-order chi connectivity index (χ1) is 15.5. The minimum Gasteiger partial charge on any atom is -0.282 e. The molecule has 0 unspecified atom stereocenters. The van der Waals surface area contributed by atoms with Crippen molar-refractivity contribution in [1.82, 2.24) is 0 Å². The average molecular weight is 461 g/mol. The molecule has 180 valence electrons. The predicted octanol–water partition coefficient (Wildman–Crippen LogP) is 8.89. The second-order valence-electron chi connectivity index (χ2n) is 9.30. The molecule has 0 saturated carbocycles. The molecule has 0 saturated heterocycles. The van der Waals surface area contributed by atoms with Crippen LogP contribution in [0.15, 0.2) is 41.3 Å². The molecule has 2 aromatic rings. The Kier molecular flexibility index (Phi) is 13.0. The Hall–Kier alpha value is -1.39. The Morgan fingerprint density at radius 1 is 0.594 bits per heavy atom. The minimum atomic E-state index is -4.20. The van der Waals surface area contributed by atoms with Crippen LogP contribution in [-0.2, 0) is 16.5 Å². The van der Waals surface area contributed by atoms with E-state index in [1.54, 1.807) is 12.1 Å². The highest BCUT2D eigenvalue weighted by Gasteiger charge is 2.15. The maximum atomic E-state index is 11.6. The molecular formula is C28H44O3S. The number of unbranched alkanes of at least 4 members (excludes halogenated alkanes) is 15. The van der Waals surface area contributed by atoms with Crippen LogP contribution in [0.3, 0.4) is 0 Å². The van der Waals surface area contributed by atoms with Gasteiger partial charge in [-0.3, -0.25) is 4.55 Å². The van der Waals surface area contributed by atoms with Crippen molar-refractivity contribution in [2.45, 2.75) is 121 Å². The highest BCUT2D eigenvalue weighted by Crippen LogP contribution is 2.27. The largest absolute Gasteiger partial charge is 0.295 e. The molecule has 0 radical (unpaired) electrons. The van der Waals surface area contributed by atoms with Crippen LogP contribution >= 0.6 is 0 Å². The molecule has 3 nitrogen and oxygen atoms in total. The first-order valence-corrected chi connectivity index (χ1v) is 14.5. The molecular weight excluding hydrogens is 416 g/mol. The molecule has 1 N–H and O–H groups in total. The zero-order valence-electron chi connectivity index (χ0n) is 20.2. The van der Waals surface area contributed by atoms with Crippen LogP contribution in [0.2, 0.25) is 0 Å². The molecule has 32 heavy (non-hydrogen) atoms. The molecule has 0 spiro atoms. The number of hydrogen-bond donors (Lipinski definition) is 1. The topological polar surface area (TPSA) is 54.4 Å². The Morgan fingerprint density at radius 2 is 1.03 bits per heavy atom. The lowest BCUT2D eigenvalue weighted by Gasteiger charge is -2.10. The van der Waals surface area contributed by atoms with Crippen LogP contribution in [0.5, 0.6) is 0 Å². The van der Waals surface area contributed by atoms with Crippen molar-refractivity contribution < 1.29 is 13.0 Å². The van der Waals surface area contributed by atoms with Crippen molar-refractivity contribution in [2.75, 3.05) is 0 Å². The smallest absolute Gasteiger partial charge is 0.282 e. The van der Waals surface area contributed by atoms with Crippen molar-refractivity contribution >= 4 is 20.9 Å². The van der Waals surface area contributed by atoms with Gasteiger partial charge in [-0.05, 0) is 29.9 Å². The second-order valence-corrected chi connectivity index (χ2v) is 10.7. The second kappa shape index (κ2) is 15.4. The molecule has 4 heteroatoms. The van der Waals surface area contributed by atoms with Gasteiger partial charge in [0.1, 0.15) is 4.90 Å². The van der Waals surface area contributed by atoms with Gasteiger partial charge in [0.25, 0.3) is 10.1 Å². The quantitative estimate of drug-likeness (QED) is 0.178. The molecule has 0 aliphatic heterocycles. The lowest BCUT2D eigenvalue weighted by molar-refractivity contribution is 0.484. The van der Waals surface area contributed by atoms with Gasteiger partial charge in [-0.2, -0.15) is 8.42 Å². The van der Waals surface area contributed by atoms with Crippen molar-refractivity contribution in [1.29, 1.82) is 0 Å². The van der Waals surface area contributed by atoms with Crippen molar-refractivity contribution in [3.05, 3.63) is 42.0 Å². The van der Waals surface area contributed by atoms with Gasteiger partial charge in [0, 0.05) is 5.39 Å². The van der Waals surface area contributed by atoms with E-state index in [1.807, 2.05) is 24.3 Å². The minimum absolute atomic E-state index is 0.00354. The van der Waals surface area contributed by atoms with Crippen molar-refractivity contribution in [3.8, 4) is 0 Å². The van der Waals surface area contributed by atoms with E-state index in [0.717, 1.165) is 18.2 Å². The summed E-state index contributed by atoms with van der Waals surface area (Å²) in [6.45, 7) is 2.28. The molecule has 0 bridgehead atoms. The Labute approximate surface area is 196 Å². The predicted molar refractivity (Wildman–Crippen MR) is 137 cm³/mol. The Morgan fingerprint density at radius 3 is 1.50 bits per heavy atom. The van der Waals surface area contributed by atoms with Crippen molar-refractivity contribution in [2.24, 2.45) is 0 Å². The Bertz CT molecular complexity index is 873. The zero-order chi connectivity index (χ0) is 23.1. The van der Waals surface area contributed by atoms with Gasteiger partial charge in [-0.15, -0.1) is 0 Å². The van der Waals surface area contributed by atoms with Gasteiger partial charge in [0.05, 0.1) is 0 Å². The molecule has 0 atom stereocenters. The van der Waals surface area contributed by atoms with Gasteiger partial charge in [0.15, 0.2) is 0 Å². The lowest BCUT2D eigenvalue weighted by Crippen LogP contribution is -2.00. The van der Waals surface area contributed by atoms with E-state index in [-0.39, 0.29) is 4.90 Å². The third-order valence-corrected chi connectivity index (χ3v) is 7.46. The van der Waals surface area contributed by atoms with Crippen LogP contribution in [0.25, 0.3) is 10.8 Å². The fourth-order valence-corrected chi connectivity index (χ4v) is 5.34. The third-order valence-electron chi connectivity index (χ3n) is 6.55. The summed E-state index contributed by atoms with van der Waals surface area (Å²) in [5.41, 5.74) is 1.17. The summed E-state index contributed by atoms with van der Waals surface area (Å²) in [4.78, 5) is 0.00354. The summed E-state index contributed by atoms with van der Waals surface area (Å²) in [7, 11) is -4.20. The number of aryl methyl sites for hydroxylation is 1. The van der Waals surface area contributed by atoms with Crippen LogP contribution in [0, 0.1) is 0 Å². The van der Waals surface area contributed by atoms with E-state index in [2.05, 4.69) is 6.92 Å². The molecule has 0 fully saturated rings. The van der Waals surface area contributed by atoms with Crippen LogP contribution in [-0.4, -0.2) is 13.0 Å². The standard InChI is InChI=1S/C28H44O3S/c1-2-3-4-5-6-7-8-9-10-11-12-13-14-15-16-17-20-25-23-24-28(32(29,30)31)27-22-19-18-21-26(25)27/h18-19,21-24H,2-17,20H2,1H3,(H,29,30,31). The Balaban J connectivity index is 1.53. The van der Waals surface area contributed by atoms with E-state index >= 15 is 0 Å². The summed E-state index contributed by atoms with van der Waals surface area (Å²) in [6, 6.07) is 10.9. The van der Waals surface area contributed by atoms with Crippen LogP contribution < -0.4 is 0 Å². The highest BCUT2D eigenvalue weighted by atomic mass is 32.2. The summed E-state index contributed by atoms with van der Waals surface area (Å²) in [5.74, 6) is 0. The van der Waals surface area contributed by atoms with Crippen LogP contribution in [0.4, 0.5) is 0 Å². The van der Waals surface area contributed by atoms with E-state index in [0.29, 0.717) is 5.39 Å². The fraction of sp³-hybridized carbons (Fsp3) is 0.643. The summed E-state index contributed by atoms with van der Waals surface area (Å²) in [5, 5.41) is 1.55. The molecule has 0 aliphatic carbocycles. The normalized spacial score (nSPS) is 11.9. The monoisotopic (exact) mass is 460 g/mol. The first-order valence-electron chi connectivity index (χ1n) is 13.0. The highest BCUT2D eigenvalue weighted by molar-refractivity contribution is 7.86. The molecule has 0 aliphatic rings. The first kappa shape index (κ1) is 26.9. The van der Waals surface area contributed by atoms with E-state index in [4.69, 9.17) is 0 Å². The molecule has 0 aromatic heterocycles. The summed E-state index contributed by atoms with van der Waals surface area (Å²) in [6.07, 6.45) is 22.7. The van der Waals surface area contributed by atoms with E-state index < -0.39 is 10.1 Å². The summed E-state index contributed by atoms with van der Waals surface area (Å²) < 4.78 is 32.7. The van der Waals surface area contributed by atoms with Gasteiger partial charge in [-0.1, -0.05) is 134 Å². The average Bonchev–Trinajstić information content (AvgIpc) is 2.78. The number of benzene rings is 2. The van der Waals surface area contributed by atoms with Gasteiger partial charge in [0.2, 0.25) is 0 Å².